The second kappa shape index (κ2) is 5.77. The molecule has 6 heteroatoms. The van der Waals surface area contributed by atoms with Crippen molar-refractivity contribution >= 4 is 5.91 Å². The fourth-order valence-corrected chi connectivity index (χ4v) is 3.37. The third-order valence-electron chi connectivity index (χ3n) is 4.80. The van der Waals surface area contributed by atoms with E-state index in [1.165, 1.54) is 6.42 Å². The minimum absolute atomic E-state index is 0.0780. The average molecular weight is 293 g/mol. The number of carbonyl (C=O) groups excluding carboxylic acids is 1. The Balaban J connectivity index is 1.64. The van der Waals surface area contributed by atoms with E-state index in [0.717, 1.165) is 39.1 Å². The maximum atomic E-state index is 12.4. The number of nitrogens with one attached hydrogen (secondary N) is 1. The predicted octanol–water partition coefficient (Wildman–Crippen LogP) is 1.28. The van der Waals surface area contributed by atoms with E-state index in [9.17, 15) is 4.79 Å². The van der Waals surface area contributed by atoms with E-state index < -0.39 is 0 Å². The van der Waals surface area contributed by atoms with Crippen LogP contribution in [0.2, 0.25) is 0 Å². The molecule has 0 aromatic carbocycles. The Morgan fingerprint density at radius 1 is 1.33 bits per heavy atom. The molecule has 0 bridgehead atoms. The van der Waals surface area contributed by atoms with Gasteiger partial charge in [0, 0.05) is 25.2 Å². The maximum Gasteiger partial charge on any atom is 0.256 e. The van der Waals surface area contributed by atoms with Gasteiger partial charge in [-0.15, -0.1) is 0 Å². The van der Waals surface area contributed by atoms with E-state index in [4.69, 9.17) is 9.26 Å². The van der Waals surface area contributed by atoms with E-state index >= 15 is 0 Å². The molecule has 2 aliphatic rings. The lowest BCUT2D eigenvalue weighted by Crippen LogP contribution is -2.62. The van der Waals surface area contributed by atoms with Crippen LogP contribution < -0.4 is 5.32 Å². The van der Waals surface area contributed by atoms with E-state index in [1.807, 2.05) is 0 Å². The number of nitrogens with zero attached hydrogens (tertiary/aromatic N) is 2. The van der Waals surface area contributed by atoms with Crippen molar-refractivity contribution < 1.29 is 14.1 Å². The standard InChI is InChI=1S/C15H23N3O3/c1-11-13(12(2)21-17-11)14(19)16-10-15(4-3-5-15)18-6-8-20-9-7-18/h3-10H2,1-2H3,(H,16,19). The van der Waals surface area contributed by atoms with Crippen LogP contribution in [0.1, 0.15) is 41.1 Å². The zero-order valence-corrected chi connectivity index (χ0v) is 12.8. The molecule has 1 saturated carbocycles. The summed E-state index contributed by atoms with van der Waals surface area (Å²) in [4.78, 5) is 14.8. The monoisotopic (exact) mass is 293 g/mol. The van der Waals surface area contributed by atoms with Gasteiger partial charge in [0.15, 0.2) is 0 Å². The Morgan fingerprint density at radius 3 is 2.57 bits per heavy atom. The van der Waals surface area contributed by atoms with Gasteiger partial charge < -0.3 is 14.6 Å². The third-order valence-corrected chi connectivity index (χ3v) is 4.80. The van der Waals surface area contributed by atoms with Crippen molar-refractivity contribution in [2.24, 2.45) is 0 Å². The normalized spacial score (nSPS) is 21.8. The number of hydrogen-bond acceptors (Lipinski definition) is 5. The van der Waals surface area contributed by atoms with Gasteiger partial charge in [-0.2, -0.15) is 0 Å². The van der Waals surface area contributed by atoms with Crippen molar-refractivity contribution in [3.63, 3.8) is 0 Å². The number of rotatable bonds is 4. The van der Waals surface area contributed by atoms with Crippen molar-refractivity contribution in [3.05, 3.63) is 17.0 Å². The summed E-state index contributed by atoms with van der Waals surface area (Å²) in [5, 5.41) is 6.93. The topological polar surface area (TPSA) is 67.6 Å². The highest BCUT2D eigenvalue weighted by molar-refractivity contribution is 5.96. The predicted molar refractivity (Wildman–Crippen MR) is 77.3 cm³/mol. The SMILES string of the molecule is Cc1noc(C)c1C(=O)NCC1(N2CCOCC2)CCC1. The molecule has 3 rings (SSSR count). The molecule has 116 valence electrons. The summed E-state index contributed by atoms with van der Waals surface area (Å²) in [6, 6.07) is 0. The lowest BCUT2D eigenvalue weighted by atomic mass is 9.75. The number of carbonyl (C=O) groups is 1. The van der Waals surface area contributed by atoms with Gasteiger partial charge in [-0.05, 0) is 33.1 Å². The lowest BCUT2D eigenvalue weighted by molar-refractivity contribution is -0.0540. The molecule has 2 heterocycles. The molecule has 1 aliphatic carbocycles. The van der Waals surface area contributed by atoms with Crippen molar-refractivity contribution in [3.8, 4) is 0 Å². The maximum absolute atomic E-state index is 12.4. The van der Waals surface area contributed by atoms with Gasteiger partial charge in [0.25, 0.3) is 5.91 Å². The Labute approximate surface area is 124 Å². The Morgan fingerprint density at radius 2 is 2.05 bits per heavy atom. The zero-order chi connectivity index (χ0) is 14.9. The summed E-state index contributed by atoms with van der Waals surface area (Å²) in [6.07, 6.45) is 3.53. The first-order valence-electron chi connectivity index (χ1n) is 7.66. The van der Waals surface area contributed by atoms with Crippen molar-refractivity contribution in [1.82, 2.24) is 15.4 Å². The summed E-state index contributed by atoms with van der Waals surface area (Å²) in [6.45, 7) is 7.76. The molecule has 1 aromatic rings. The van der Waals surface area contributed by atoms with Crippen LogP contribution >= 0.6 is 0 Å². The van der Waals surface area contributed by atoms with Crippen LogP contribution in [0.15, 0.2) is 4.52 Å². The second-order valence-electron chi connectivity index (χ2n) is 6.06. The highest BCUT2D eigenvalue weighted by Gasteiger charge is 2.43. The molecular formula is C15H23N3O3. The van der Waals surface area contributed by atoms with Crippen molar-refractivity contribution in [2.75, 3.05) is 32.8 Å². The van der Waals surface area contributed by atoms with Gasteiger partial charge in [-0.1, -0.05) is 5.16 Å². The number of amides is 1. The quantitative estimate of drug-likeness (QED) is 0.905. The molecule has 1 aromatic heterocycles. The number of hydrogen-bond donors (Lipinski definition) is 1. The fourth-order valence-electron chi connectivity index (χ4n) is 3.37. The van der Waals surface area contributed by atoms with Crippen LogP contribution in [0.5, 0.6) is 0 Å². The molecule has 21 heavy (non-hydrogen) atoms. The first kappa shape index (κ1) is 14.5. The van der Waals surface area contributed by atoms with Crippen LogP contribution in [0.25, 0.3) is 0 Å². The first-order valence-corrected chi connectivity index (χ1v) is 7.66. The van der Waals surface area contributed by atoms with Crippen LogP contribution in [0.3, 0.4) is 0 Å². The Kier molecular flexibility index (Phi) is 3.99. The van der Waals surface area contributed by atoms with Crippen LogP contribution in [0, 0.1) is 13.8 Å². The molecule has 1 saturated heterocycles. The average Bonchev–Trinajstić information content (AvgIpc) is 2.78. The summed E-state index contributed by atoms with van der Waals surface area (Å²) in [5.41, 5.74) is 1.35. The van der Waals surface area contributed by atoms with Gasteiger partial charge in [-0.25, -0.2) is 0 Å². The molecule has 0 atom stereocenters. The van der Waals surface area contributed by atoms with Crippen LogP contribution in [-0.4, -0.2) is 54.4 Å². The summed E-state index contributed by atoms with van der Waals surface area (Å²) < 4.78 is 10.5. The molecule has 1 N–H and O–H groups in total. The highest BCUT2D eigenvalue weighted by atomic mass is 16.5. The van der Waals surface area contributed by atoms with Gasteiger partial charge in [0.05, 0.1) is 18.9 Å². The molecule has 0 spiro atoms. The number of aryl methyl sites for hydroxylation is 2. The van der Waals surface area contributed by atoms with Crippen molar-refractivity contribution in [1.29, 1.82) is 0 Å². The molecular weight excluding hydrogens is 270 g/mol. The minimum atomic E-state index is -0.0780. The van der Waals surface area contributed by atoms with E-state index in [0.29, 0.717) is 23.6 Å². The Hall–Kier alpha value is -1.40. The molecule has 1 aliphatic heterocycles. The van der Waals surface area contributed by atoms with Gasteiger partial charge in [0.2, 0.25) is 0 Å². The number of morpholine rings is 1. The molecule has 6 nitrogen and oxygen atoms in total. The first-order chi connectivity index (χ1) is 10.1. The largest absolute Gasteiger partial charge is 0.379 e. The highest BCUT2D eigenvalue weighted by Crippen LogP contribution is 2.37. The fraction of sp³-hybridized carbons (Fsp3) is 0.733. The smallest absolute Gasteiger partial charge is 0.256 e. The Bertz CT molecular complexity index is 497. The summed E-state index contributed by atoms with van der Waals surface area (Å²) in [5.74, 6) is 0.504. The lowest BCUT2D eigenvalue weighted by Gasteiger charge is -2.51. The van der Waals surface area contributed by atoms with E-state index in [-0.39, 0.29) is 11.4 Å². The summed E-state index contributed by atoms with van der Waals surface area (Å²) >= 11 is 0. The summed E-state index contributed by atoms with van der Waals surface area (Å²) in [7, 11) is 0. The minimum Gasteiger partial charge on any atom is -0.379 e. The van der Waals surface area contributed by atoms with Gasteiger partial charge in [0.1, 0.15) is 11.3 Å². The van der Waals surface area contributed by atoms with Crippen molar-refractivity contribution in [2.45, 2.75) is 38.6 Å². The van der Waals surface area contributed by atoms with Gasteiger partial charge >= 0.3 is 0 Å². The third kappa shape index (κ3) is 2.70. The number of aromatic nitrogens is 1. The molecule has 1 amide bonds. The van der Waals surface area contributed by atoms with Crippen LogP contribution in [0.4, 0.5) is 0 Å². The molecule has 0 radical (unpaired) electrons. The van der Waals surface area contributed by atoms with E-state index in [1.54, 1.807) is 13.8 Å². The number of ether oxygens (including phenoxy) is 1. The van der Waals surface area contributed by atoms with Crippen LogP contribution in [-0.2, 0) is 4.74 Å². The molecule has 2 fully saturated rings. The van der Waals surface area contributed by atoms with E-state index in [2.05, 4.69) is 15.4 Å². The second-order valence-corrected chi connectivity index (χ2v) is 6.06. The molecule has 0 unspecified atom stereocenters. The zero-order valence-electron chi connectivity index (χ0n) is 12.8. The van der Waals surface area contributed by atoms with Gasteiger partial charge in [-0.3, -0.25) is 9.69 Å².